The smallest absolute Gasteiger partial charge is 0.150 e. The molecule has 4 nitrogen and oxygen atoms in total. The summed E-state index contributed by atoms with van der Waals surface area (Å²) in [6.07, 6.45) is 1.62. The van der Waals surface area contributed by atoms with Crippen molar-refractivity contribution in [2.75, 3.05) is 13.2 Å². The number of hydrogen-bond donors (Lipinski definition) is 2. The topological polar surface area (TPSA) is 58.3 Å². The van der Waals surface area contributed by atoms with Crippen molar-refractivity contribution in [2.45, 2.75) is 13.5 Å². The number of rotatable bonds is 5. The van der Waals surface area contributed by atoms with Gasteiger partial charge in [0.1, 0.15) is 5.76 Å². The molecule has 12 heavy (non-hydrogen) atoms. The highest BCUT2D eigenvalue weighted by molar-refractivity contribution is 4.91. The van der Waals surface area contributed by atoms with Crippen molar-refractivity contribution in [3.8, 4) is 0 Å². The molecule has 1 aromatic heterocycles. The summed E-state index contributed by atoms with van der Waals surface area (Å²) in [6.45, 7) is 3.65. The monoisotopic (exact) mass is 170 g/mol. The minimum atomic E-state index is 0.212. The Kier molecular flexibility index (Phi) is 3.76. The molecule has 1 rings (SSSR count). The fraction of sp³-hybridized carbons (Fsp3) is 0.625. The minimum absolute atomic E-state index is 0.212. The van der Waals surface area contributed by atoms with Crippen molar-refractivity contribution in [1.29, 1.82) is 0 Å². The van der Waals surface area contributed by atoms with Gasteiger partial charge in [0.15, 0.2) is 0 Å². The standard InChI is InChI=1S/C8H14N2O2/c1-7(6-11)4-9-5-8-2-3-10-12-8/h2-3,7,9,11H,4-6H2,1H3. The van der Waals surface area contributed by atoms with Crippen molar-refractivity contribution in [1.82, 2.24) is 10.5 Å². The van der Waals surface area contributed by atoms with Gasteiger partial charge in [-0.25, -0.2) is 0 Å². The minimum Gasteiger partial charge on any atom is -0.396 e. The van der Waals surface area contributed by atoms with Crippen LogP contribution in [0.15, 0.2) is 16.8 Å². The van der Waals surface area contributed by atoms with E-state index in [1.54, 1.807) is 6.20 Å². The normalized spacial score (nSPS) is 13.2. The van der Waals surface area contributed by atoms with Crippen LogP contribution in [0.4, 0.5) is 0 Å². The number of hydrogen-bond acceptors (Lipinski definition) is 4. The summed E-state index contributed by atoms with van der Waals surface area (Å²) in [7, 11) is 0. The maximum Gasteiger partial charge on any atom is 0.150 e. The van der Waals surface area contributed by atoms with Gasteiger partial charge in [-0.2, -0.15) is 0 Å². The van der Waals surface area contributed by atoms with Gasteiger partial charge in [-0.1, -0.05) is 12.1 Å². The molecule has 0 aromatic carbocycles. The fourth-order valence-electron chi connectivity index (χ4n) is 0.840. The van der Waals surface area contributed by atoms with Crippen molar-refractivity contribution in [3.63, 3.8) is 0 Å². The molecule has 68 valence electrons. The van der Waals surface area contributed by atoms with Crippen molar-refractivity contribution >= 4 is 0 Å². The summed E-state index contributed by atoms with van der Waals surface area (Å²) < 4.78 is 4.87. The first-order chi connectivity index (χ1) is 5.83. The zero-order valence-corrected chi connectivity index (χ0v) is 7.16. The third kappa shape index (κ3) is 3.02. The molecule has 0 radical (unpaired) electrons. The Bertz CT molecular complexity index is 199. The zero-order valence-electron chi connectivity index (χ0n) is 7.16. The molecule has 1 atom stereocenters. The van der Waals surface area contributed by atoms with Gasteiger partial charge in [-0.3, -0.25) is 0 Å². The molecule has 0 bridgehead atoms. The van der Waals surface area contributed by atoms with Gasteiger partial charge in [0.2, 0.25) is 0 Å². The SMILES string of the molecule is CC(CO)CNCc1ccno1. The lowest BCUT2D eigenvalue weighted by Gasteiger charge is -2.07. The van der Waals surface area contributed by atoms with Crippen LogP contribution in [0.1, 0.15) is 12.7 Å². The third-order valence-electron chi connectivity index (χ3n) is 1.59. The van der Waals surface area contributed by atoms with E-state index in [2.05, 4.69) is 10.5 Å². The third-order valence-corrected chi connectivity index (χ3v) is 1.59. The molecule has 0 amide bonds. The lowest BCUT2D eigenvalue weighted by atomic mass is 10.2. The molecule has 0 fully saturated rings. The predicted molar refractivity (Wildman–Crippen MR) is 44.5 cm³/mol. The van der Waals surface area contributed by atoms with Crippen molar-refractivity contribution < 1.29 is 9.63 Å². The molecule has 0 aliphatic heterocycles. The van der Waals surface area contributed by atoms with Gasteiger partial charge in [-0.15, -0.1) is 0 Å². The van der Waals surface area contributed by atoms with E-state index in [1.807, 2.05) is 13.0 Å². The number of nitrogens with one attached hydrogen (secondary N) is 1. The molecular weight excluding hydrogens is 156 g/mol. The lowest BCUT2D eigenvalue weighted by molar-refractivity contribution is 0.232. The summed E-state index contributed by atoms with van der Waals surface area (Å²) in [6, 6.07) is 1.82. The average Bonchev–Trinajstić information content (AvgIpc) is 2.57. The van der Waals surface area contributed by atoms with Gasteiger partial charge in [0, 0.05) is 19.2 Å². The van der Waals surface area contributed by atoms with Crippen LogP contribution < -0.4 is 5.32 Å². The molecule has 0 aliphatic rings. The Morgan fingerprint density at radius 1 is 1.75 bits per heavy atom. The molecular formula is C8H14N2O2. The quantitative estimate of drug-likeness (QED) is 0.671. The molecule has 0 saturated carbocycles. The first kappa shape index (κ1) is 9.22. The Balaban J connectivity index is 2.11. The highest BCUT2D eigenvalue weighted by atomic mass is 16.5. The maximum absolute atomic E-state index is 8.72. The summed E-state index contributed by atoms with van der Waals surface area (Å²) in [4.78, 5) is 0. The van der Waals surface area contributed by atoms with Crippen LogP contribution in [-0.4, -0.2) is 23.4 Å². The van der Waals surface area contributed by atoms with Gasteiger partial charge < -0.3 is 14.9 Å². The van der Waals surface area contributed by atoms with Crippen molar-refractivity contribution in [2.24, 2.45) is 5.92 Å². The molecule has 0 spiro atoms. The number of aliphatic hydroxyl groups is 1. The second-order valence-electron chi connectivity index (χ2n) is 2.90. The summed E-state index contributed by atoms with van der Waals surface area (Å²) in [5, 5.41) is 15.4. The molecule has 1 unspecified atom stereocenters. The van der Waals surface area contributed by atoms with E-state index in [1.165, 1.54) is 0 Å². The number of aliphatic hydroxyl groups excluding tert-OH is 1. The van der Waals surface area contributed by atoms with E-state index in [-0.39, 0.29) is 12.5 Å². The van der Waals surface area contributed by atoms with Crippen LogP contribution in [0.2, 0.25) is 0 Å². The number of aromatic nitrogens is 1. The highest BCUT2D eigenvalue weighted by Gasteiger charge is 2.00. The van der Waals surface area contributed by atoms with Gasteiger partial charge in [-0.05, 0) is 5.92 Å². The van der Waals surface area contributed by atoms with E-state index in [9.17, 15) is 0 Å². The van der Waals surface area contributed by atoms with Crippen LogP contribution in [0.5, 0.6) is 0 Å². The molecule has 1 heterocycles. The lowest BCUT2D eigenvalue weighted by Crippen LogP contribution is -2.22. The largest absolute Gasteiger partial charge is 0.396 e. The van der Waals surface area contributed by atoms with Gasteiger partial charge in [0.25, 0.3) is 0 Å². The molecule has 0 saturated heterocycles. The first-order valence-corrected chi connectivity index (χ1v) is 4.04. The first-order valence-electron chi connectivity index (χ1n) is 4.04. The Morgan fingerprint density at radius 3 is 3.17 bits per heavy atom. The summed E-state index contributed by atoms with van der Waals surface area (Å²) in [5.41, 5.74) is 0. The Labute approximate surface area is 71.6 Å². The predicted octanol–water partition coefficient (Wildman–Crippen LogP) is 0.393. The van der Waals surface area contributed by atoms with Crippen LogP contribution in [0, 0.1) is 5.92 Å². The van der Waals surface area contributed by atoms with Crippen LogP contribution in [0.3, 0.4) is 0 Å². The van der Waals surface area contributed by atoms with E-state index in [0.717, 1.165) is 12.3 Å². The van der Waals surface area contributed by atoms with E-state index >= 15 is 0 Å². The van der Waals surface area contributed by atoms with Crippen LogP contribution >= 0.6 is 0 Å². The molecule has 2 N–H and O–H groups in total. The maximum atomic E-state index is 8.72. The molecule has 0 aliphatic carbocycles. The Hall–Kier alpha value is -0.870. The van der Waals surface area contributed by atoms with Crippen molar-refractivity contribution in [3.05, 3.63) is 18.0 Å². The summed E-state index contributed by atoms with van der Waals surface area (Å²) in [5.74, 6) is 1.10. The van der Waals surface area contributed by atoms with Crippen LogP contribution in [-0.2, 0) is 6.54 Å². The Morgan fingerprint density at radius 2 is 2.58 bits per heavy atom. The highest BCUT2D eigenvalue weighted by Crippen LogP contribution is 1.96. The van der Waals surface area contributed by atoms with Crippen LogP contribution in [0.25, 0.3) is 0 Å². The number of nitrogens with zero attached hydrogens (tertiary/aromatic N) is 1. The molecule has 4 heteroatoms. The van der Waals surface area contributed by atoms with E-state index < -0.39 is 0 Å². The van der Waals surface area contributed by atoms with E-state index in [0.29, 0.717) is 6.54 Å². The second kappa shape index (κ2) is 4.90. The second-order valence-corrected chi connectivity index (χ2v) is 2.90. The molecule has 1 aromatic rings. The van der Waals surface area contributed by atoms with Gasteiger partial charge >= 0.3 is 0 Å². The van der Waals surface area contributed by atoms with Gasteiger partial charge in [0.05, 0.1) is 12.7 Å². The zero-order chi connectivity index (χ0) is 8.81. The van der Waals surface area contributed by atoms with E-state index in [4.69, 9.17) is 9.63 Å². The summed E-state index contributed by atoms with van der Waals surface area (Å²) >= 11 is 0. The average molecular weight is 170 g/mol. The fourth-order valence-corrected chi connectivity index (χ4v) is 0.840.